The summed E-state index contributed by atoms with van der Waals surface area (Å²) in [6.45, 7) is 3.87. The van der Waals surface area contributed by atoms with Crippen molar-refractivity contribution in [2.24, 2.45) is 0 Å². The minimum Gasteiger partial charge on any atom is -0.384 e. The maximum Gasteiger partial charge on any atom is 0.164 e. The molecule has 4 N–H and O–H groups in total. The lowest BCUT2D eigenvalue weighted by atomic mass is 10.0. The van der Waals surface area contributed by atoms with Crippen molar-refractivity contribution in [2.45, 2.75) is 57.0 Å². The Kier molecular flexibility index (Phi) is 4.55. The van der Waals surface area contributed by atoms with Gasteiger partial charge in [-0.25, -0.2) is 15.0 Å². The average Bonchev–Trinajstić information content (AvgIpc) is 3.43. The second-order valence-corrected chi connectivity index (χ2v) is 9.15. The number of nitrogens with two attached hydrogens (primary N) is 2. The van der Waals surface area contributed by atoms with Crippen LogP contribution in [0.15, 0.2) is 48.9 Å². The van der Waals surface area contributed by atoms with Crippen LogP contribution in [-0.4, -0.2) is 43.6 Å². The summed E-state index contributed by atoms with van der Waals surface area (Å²) < 4.78 is 21.0. The molecule has 4 aromatic rings. The molecule has 0 amide bonds. The highest BCUT2D eigenvalue weighted by atomic mass is 16.8. The molecule has 0 saturated carbocycles. The molecule has 2 saturated heterocycles. The summed E-state index contributed by atoms with van der Waals surface area (Å²) in [5.41, 5.74) is 14.7. The van der Waals surface area contributed by atoms with Crippen molar-refractivity contribution in [3.05, 3.63) is 54.5 Å². The normalized spacial score (nSPS) is 26.2. The van der Waals surface area contributed by atoms with Crippen molar-refractivity contribution < 1.29 is 14.2 Å². The summed E-state index contributed by atoms with van der Waals surface area (Å²) in [6, 6.07) is 12.0. The van der Waals surface area contributed by atoms with Gasteiger partial charge in [-0.05, 0) is 56.5 Å². The summed E-state index contributed by atoms with van der Waals surface area (Å²) in [7, 11) is 0. The standard InChI is InChI=1S/C24H26N6O3/c1-24(2)32-19-17(7-4-13-3-5-14-6-8-18(25)29-16(14)11-13)31-23(20(19)33-24)30-10-9-15-21(26)27-12-28-22(15)30/h3,5-6,8-12,17,19-20,23H,4,7H2,1-2H3,(H2,25,29)(H2,26,27,28)/t17-,19-,20-,23-/m1/s1. The van der Waals surface area contributed by atoms with E-state index in [1.54, 1.807) is 0 Å². The Hall–Kier alpha value is -3.27. The minimum atomic E-state index is -0.684. The zero-order chi connectivity index (χ0) is 22.7. The van der Waals surface area contributed by atoms with Gasteiger partial charge in [0.15, 0.2) is 12.0 Å². The third-order valence-electron chi connectivity index (χ3n) is 6.44. The number of ether oxygens (including phenoxy) is 3. The molecule has 0 unspecified atom stereocenters. The van der Waals surface area contributed by atoms with Crippen LogP contribution in [0.5, 0.6) is 0 Å². The van der Waals surface area contributed by atoms with Gasteiger partial charge in [-0.15, -0.1) is 0 Å². The third-order valence-corrected chi connectivity index (χ3v) is 6.44. The van der Waals surface area contributed by atoms with E-state index in [2.05, 4.69) is 33.2 Å². The van der Waals surface area contributed by atoms with Gasteiger partial charge in [0.1, 0.15) is 35.8 Å². The van der Waals surface area contributed by atoms with Crippen molar-refractivity contribution in [3.8, 4) is 0 Å². The first-order valence-electron chi connectivity index (χ1n) is 11.1. The highest BCUT2D eigenvalue weighted by Crippen LogP contribution is 2.45. The number of hydrogen-bond donors (Lipinski definition) is 2. The fourth-order valence-corrected chi connectivity index (χ4v) is 4.95. The molecular formula is C24H26N6O3. The number of nitrogen functional groups attached to an aromatic ring is 2. The Morgan fingerprint density at radius 2 is 1.85 bits per heavy atom. The van der Waals surface area contributed by atoms with Crippen LogP contribution in [0.25, 0.3) is 21.9 Å². The van der Waals surface area contributed by atoms with E-state index in [1.807, 2.05) is 42.8 Å². The number of pyridine rings is 1. The second kappa shape index (κ2) is 7.38. The first-order chi connectivity index (χ1) is 15.9. The van der Waals surface area contributed by atoms with Gasteiger partial charge in [0.2, 0.25) is 0 Å². The molecule has 0 radical (unpaired) electrons. The van der Waals surface area contributed by atoms with E-state index < -0.39 is 5.79 Å². The maximum atomic E-state index is 6.52. The Balaban J connectivity index is 1.27. The lowest BCUT2D eigenvalue weighted by Gasteiger charge is -2.25. The molecule has 170 valence electrons. The predicted octanol–water partition coefficient (Wildman–Crippen LogP) is 3.19. The molecule has 2 aliphatic heterocycles. The van der Waals surface area contributed by atoms with Gasteiger partial charge in [-0.3, -0.25) is 0 Å². The van der Waals surface area contributed by atoms with Gasteiger partial charge in [-0.1, -0.05) is 12.1 Å². The van der Waals surface area contributed by atoms with Crippen LogP contribution in [0.4, 0.5) is 11.6 Å². The molecule has 2 aliphatic rings. The van der Waals surface area contributed by atoms with Gasteiger partial charge in [0, 0.05) is 11.6 Å². The van der Waals surface area contributed by atoms with Crippen molar-refractivity contribution in [1.82, 2.24) is 19.5 Å². The Morgan fingerprint density at radius 3 is 2.73 bits per heavy atom. The number of benzene rings is 1. The van der Waals surface area contributed by atoms with E-state index in [-0.39, 0.29) is 24.5 Å². The Labute approximate surface area is 190 Å². The maximum absolute atomic E-state index is 6.52. The summed E-state index contributed by atoms with van der Waals surface area (Å²) >= 11 is 0. The van der Waals surface area contributed by atoms with Crippen molar-refractivity contribution >= 4 is 33.6 Å². The van der Waals surface area contributed by atoms with Gasteiger partial charge >= 0.3 is 0 Å². The molecule has 0 bridgehead atoms. The van der Waals surface area contributed by atoms with Gasteiger partial charge in [0.05, 0.1) is 17.0 Å². The fraction of sp³-hybridized carbons (Fsp3) is 0.375. The Bertz CT molecular complexity index is 1350. The number of hydrogen-bond acceptors (Lipinski definition) is 8. The highest BCUT2D eigenvalue weighted by Gasteiger charge is 2.55. The number of fused-ring (bicyclic) bond motifs is 3. The van der Waals surface area contributed by atoms with E-state index in [0.29, 0.717) is 11.6 Å². The van der Waals surface area contributed by atoms with Crippen LogP contribution in [0, 0.1) is 0 Å². The van der Waals surface area contributed by atoms with E-state index >= 15 is 0 Å². The average molecular weight is 447 g/mol. The quantitative estimate of drug-likeness (QED) is 0.490. The van der Waals surface area contributed by atoms with Crippen molar-refractivity contribution in [1.29, 1.82) is 0 Å². The lowest BCUT2D eigenvalue weighted by molar-refractivity contribution is -0.196. The fourth-order valence-electron chi connectivity index (χ4n) is 4.95. The molecule has 0 spiro atoms. The monoisotopic (exact) mass is 446 g/mol. The van der Waals surface area contributed by atoms with Crippen LogP contribution in [0.1, 0.15) is 32.1 Å². The third kappa shape index (κ3) is 3.49. The van der Waals surface area contributed by atoms with Gasteiger partial charge in [-0.2, -0.15) is 0 Å². The molecule has 0 aliphatic carbocycles. The number of aryl methyl sites for hydroxylation is 1. The molecule has 6 rings (SSSR count). The zero-order valence-corrected chi connectivity index (χ0v) is 18.5. The van der Waals surface area contributed by atoms with Gasteiger partial charge < -0.3 is 30.2 Å². The first kappa shape index (κ1) is 20.3. The summed E-state index contributed by atoms with van der Waals surface area (Å²) in [4.78, 5) is 13.0. The predicted molar refractivity (Wildman–Crippen MR) is 124 cm³/mol. The summed E-state index contributed by atoms with van der Waals surface area (Å²) in [5.74, 6) is 0.280. The molecule has 2 fully saturated rings. The van der Waals surface area contributed by atoms with E-state index in [0.717, 1.165) is 34.8 Å². The smallest absolute Gasteiger partial charge is 0.164 e. The van der Waals surface area contributed by atoms with E-state index in [4.69, 9.17) is 25.7 Å². The number of aromatic nitrogens is 4. The van der Waals surface area contributed by atoms with Crippen LogP contribution >= 0.6 is 0 Å². The van der Waals surface area contributed by atoms with Crippen LogP contribution in [0.3, 0.4) is 0 Å². The van der Waals surface area contributed by atoms with Crippen LogP contribution in [-0.2, 0) is 20.6 Å². The molecule has 5 heterocycles. The molecule has 4 atom stereocenters. The van der Waals surface area contributed by atoms with Crippen LogP contribution < -0.4 is 11.5 Å². The van der Waals surface area contributed by atoms with Crippen molar-refractivity contribution in [3.63, 3.8) is 0 Å². The van der Waals surface area contributed by atoms with E-state index in [1.165, 1.54) is 11.9 Å². The van der Waals surface area contributed by atoms with Gasteiger partial charge in [0.25, 0.3) is 0 Å². The number of rotatable bonds is 4. The number of nitrogens with zero attached hydrogens (tertiary/aromatic N) is 4. The van der Waals surface area contributed by atoms with E-state index in [9.17, 15) is 0 Å². The zero-order valence-electron chi connectivity index (χ0n) is 18.5. The SMILES string of the molecule is CC1(C)O[C@@H]2[C@H](O1)[C@@H](CCc1ccc3ccc(N)nc3c1)O[C@H]2n1ccc2c(N)ncnc21. The minimum absolute atomic E-state index is 0.136. The molecule has 1 aromatic carbocycles. The second-order valence-electron chi connectivity index (χ2n) is 9.15. The highest BCUT2D eigenvalue weighted by molar-refractivity contribution is 5.86. The topological polar surface area (TPSA) is 123 Å². The largest absolute Gasteiger partial charge is 0.384 e. The molecular weight excluding hydrogens is 420 g/mol. The first-order valence-corrected chi connectivity index (χ1v) is 11.1. The Morgan fingerprint density at radius 1 is 1.03 bits per heavy atom. The molecule has 33 heavy (non-hydrogen) atoms. The molecule has 9 nitrogen and oxygen atoms in total. The molecule has 9 heteroatoms. The van der Waals surface area contributed by atoms with Crippen molar-refractivity contribution in [2.75, 3.05) is 11.5 Å². The summed E-state index contributed by atoms with van der Waals surface area (Å²) in [6.07, 6.45) is 4.04. The summed E-state index contributed by atoms with van der Waals surface area (Å²) in [5, 5.41) is 1.86. The lowest BCUT2D eigenvalue weighted by Crippen LogP contribution is -2.29. The van der Waals surface area contributed by atoms with Crippen LogP contribution in [0.2, 0.25) is 0 Å². The molecule has 3 aromatic heterocycles. The number of anilines is 2.